The molecule has 2 heterocycles. The number of rotatable bonds is 6. The van der Waals surface area contributed by atoms with Gasteiger partial charge in [-0.05, 0) is 29.7 Å². The lowest BCUT2D eigenvalue weighted by atomic mass is 9.74. The first-order valence-corrected chi connectivity index (χ1v) is 13.1. The topological polar surface area (TPSA) is 70.1 Å². The molecule has 0 saturated carbocycles. The molecule has 4 rings (SSSR count). The Bertz CT molecular complexity index is 1280. The van der Waals surface area contributed by atoms with Gasteiger partial charge in [0.2, 0.25) is 10.0 Å². The molecule has 1 N–H and O–H groups in total. The molecule has 2 fully saturated rings. The second-order valence-corrected chi connectivity index (χ2v) is 11.9. The van der Waals surface area contributed by atoms with Crippen LogP contribution in [0.1, 0.15) is 16.7 Å². The van der Waals surface area contributed by atoms with Crippen molar-refractivity contribution < 1.29 is 44.6 Å². The molecule has 0 atom stereocenters. The summed E-state index contributed by atoms with van der Waals surface area (Å²) in [6.07, 6.45) is -10.7. The van der Waals surface area contributed by atoms with Crippen LogP contribution in [-0.2, 0) is 22.2 Å². The van der Waals surface area contributed by atoms with Crippen molar-refractivity contribution in [2.75, 3.05) is 39.5 Å². The summed E-state index contributed by atoms with van der Waals surface area (Å²) >= 11 is 0. The zero-order valence-corrected chi connectivity index (χ0v) is 21.1. The van der Waals surface area contributed by atoms with Crippen molar-refractivity contribution in [2.24, 2.45) is 5.41 Å². The lowest BCUT2D eigenvalue weighted by Crippen LogP contribution is -2.72. The number of methoxy groups -OCH3 is 1. The van der Waals surface area contributed by atoms with Crippen LogP contribution in [0.2, 0.25) is 0 Å². The van der Waals surface area contributed by atoms with Crippen LogP contribution in [0.5, 0.6) is 5.75 Å². The number of sulfonamides is 1. The van der Waals surface area contributed by atoms with Gasteiger partial charge >= 0.3 is 12.4 Å². The number of alkyl halides is 6. The van der Waals surface area contributed by atoms with Crippen LogP contribution in [0.25, 0.3) is 11.1 Å². The number of benzene rings is 2. The van der Waals surface area contributed by atoms with E-state index < -0.39 is 33.5 Å². The average molecular weight is 553 g/mol. The van der Waals surface area contributed by atoms with Crippen LogP contribution < -0.4 is 4.74 Å². The van der Waals surface area contributed by atoms with E-state index in [2.05, 4.69) is 4.90 Å². The van der Waals surface area contributed by atoms with Crippen molar-refractivity contribution in [1.82, 2.24) is 9.21 Å². The summed E-state index contributed by atoms with van der Waals surface area (Å²) in [5, 5.41) is 9.69. The van der Waals surface area contributed by atoms with E-state index >= 15 is 0 Å². The summed E-state index contributed by atoms with van der Waals surface area (Å²) < 4.78 is 110. The molecular weight excluding hydrogens is 526 g/mol. The molecule has 2 aliphatic rings. The van der Waals surface area contributed by atoms with Crippen LogP contribution in [-0.4, -0.2) is 74.6 Å². The van der Waals surface area contributed by atoms with E-state index in [0.29, 0.717) is 48.6 Å². The molecular formula is C24H26F6N2O4S. The summed E-state index contributed by atoms with van der Waals surface area (Å²) in [6.45, 7) is 4.40. The highest BCUT2D eigenvalue weighted by Gasteiger charge is 2.71. The van der Waals surface area contributed by atoms with Gasteiger partial charge in [0.25, 0.3) is 5.60 Å². The van der Waals surface area contributed by atoms with Crippen LogP contribution >= 0.6 is 0 Å². The Morgan fingerprint density at radius 3 is 2.00 bits per heavy atom. The smallest absolute Gasteiger partial charge is 0.430 e. The van der Waals surface area contributed by atoms with Gasteiger partial charge in [0.15, 0.2) is 0 Å². The number of nitrogens with zero attached hydrogens (tertiary/aromatic N) is 2. The fraction of sp³-hybridized carbons (Fsp3) is 0.500. The summed E-state index contributed by atoms with van der Waals surface area (Å²) in [5.41, 5.74) is -4.53. The number of aryl methyl sites for hydroxylation is 1. The van der Waals surface area contributed by atoms with E-state index in [0.717, 1.165) is 24.7 Å². The van der Waals surface area contributed by atoms with Crippen LogP contribution in [0, 0.1) is 12.3 Å². The molecule has 37 heavy (non-hydrogen) atoms. The third kappa shape index (κ3) is 4.82. The van der Waals surface area contributed by atoms with Gasteiger partial charge in [0, 0.05) is 49.3 Å². The highest BCUT2D eigenvalue weighted by molar-refractivity contribution is 7.88. The van der Waals surface area contributed by atoms with Gasteiger partial charge in [-0.15, -0.1) is 0 Å². The number of hydrogen-bond donors (Lipinski definition) is 1. The Morgan fingerprint density at radius 1 is 0.946 bits per heavy atom. The molecule has 2 saturated heterocycles. The maximum atomic E-state index is 13.3. The molecule has 6 nitrogen and oxygen atoms in total. The minimum Gasteiger partial charge on any atom is -0.496 e. The van der Waals surface area contributed by atoms with Crippen molar-refractivity contribution in [2.45, 2.75) is 31.4 Å². The number of ether oxygens (including phenoxy) is 1. The van der Waals surface area contributed by atoms with Crippen molar-refractivity contribution in [3.05, 3.63) is 53.1 Å². The molecule has 0 aliphatic carbocycles. The normalized spacial score (nSPS) is 19.0. The first-order chi connectivity index (χ1) is 16.9. The molecule has 0 radical (unpaired) electrons. The number of hydrogen-bond acceptors (Lipinski definition) is 5. The van der Waals surface area contributed by atoms with E-state index in [1.807, 2.05) is 0 Å². The number of likely N-dealkylation sites (tertiary alicyclic amines) is 1. The van der Waals surface area contributed by atoms with Gasteiger partial charge in [-0.1, -0.05) is 30.3 Å². The van der Waals surface area contributed by atoms with Gasteiger partial charge in [0.1, 0.15) is 5.75 Å². The van der Waals surface area contributed by atoms with Crippen LogP contribution in [0.3, 0.4) is 0 Å². The molecule has 0 unspecified atom stereocenters. The van der Waals surface area contributed by atoms with E-state index in [9.17, 15) is 39.9 Å². The summed E-state index contributed by atoms with van der Waals surface area (Å²) in [7, 11) is -1.78. The van der Waals surface area contributed by atoms with Crippen LogP contribution in [0.4, 0.5) is 26.3 Å². The quantitative estimate of drug-likeness (QED) is 0.548. The second-order valence-electron chi connectivity index (χ2n) is 9.95. The Kier molecular flexibility index (Phi) is 6.62. The molecule has 0 aromatic heterocycles. The van der Waals surface area contributed by atoms with Gasteiger partial charge in [0.05, 0.1) is 13.4 Å². The molecule has 1 spiro atoms. The van der Waals surface area contributed by atoms with Crippen LogP contribution in [0.15, 0.2) is 36.4 Å². The minimum atomic E-state index is -5.96. The third-order valence-electron chi connectivity index (χ3n) is 7.04. The SMILES string of the molecule is COc1cc(CN2CC3(C2)CN(S(C)(=O)=O)C3)ccc1-c1ccc(C(O)(C(F)(F)F)C(F)(F)F)cc1C. The molecule has 0 bridgehead atoms. The molecule has 2 aliphatic heterocycles. The van der Waals surface area contributed by atoms with E-state index in [4.69, 9.17) is 4.74 Å². The van der Waals surface area contributed by atoms with E-state index in [-0.39, 0.29) is 11.0 Å². The zero-order chi connectivity index (χ0) is 27.6. The van der Waals surface area contributed by atoms with Crippen molar-refractivity contribution in [3.63, 3.8) is 0 Å². The Balaban J connectivity index is 1.52. The standard InChI is InChI=1S/C24H26F6N2O4S/c1-15-8-17(22(33,23(25,26)27)24(28,29)30)5-7-18(15)19-6-4-16(9-20(19)36-2)10-31-11-21(12-31)13-32(14-21)37(3,34)35/h4-9,33H,10-14H2,1-3H3. The fourth-order valence-electron chi connectivity index (χ4n) is 5.14. The second kappa shape index (κ2) is 8.85. The van der Waals surface area contributed by atoms with Gasteiger partial charge in [-0.25, -0.2) is 12.7 Å². The monoisotopic (exact) mass is 552 g/mol. The van der Waals surface area contributed by atoms with Crippen molar-refractivity contribution in [1.29, 1.82) is 0 Å². The Hall–Kier alpha value is -2.35. The summed E-state index contributed by atoms with van der Waals surface area (Å²) in [5.74, 6) is 0.386. The van der Waals surface area contributed by atoms with Gasteiger partial charge in [-0.2, -0.15) is 26.3 Å². The average Bonchev–Trinajstić information content (AvgIpc) is 2.71. The molecule has 204 valence electrons. The highest BCUT2D eigenvalue weighted by atomic mass is 32.2. The summed E-state index contributed by atoms with van der Waals surface area (Å²) in [6, 6.07) is 7.63. The van der Waals surface area contributed by atoms with E-state index in [1.54, 1.807) is 18.2 Å². The number of halogens is 6. The number of aliphatic hydroxyl groups is 1. The van der Waals surface area contributed by atoms with E-state index in [1.165, 1.54) is 24.6 Å². The van der Waals surface area contributed by atoms with Crippen molar-refractivity contribution in [3.8, 4) is 16.9 Å². The Morgan fingerprint density at radius 2 is 1.51 bits per heavy atom. The molecule has 2 aromatic rings. The third-order valence-corrected chi connectivity index (χ3v) is 8.23. The first-order valence-electron chi connectivity index (χ1n) is 11.2. The lowest BCUT2D eigenvalue weighted by Gasteiger charge is -2.59. The maximum absolute atomic E-state index is 13.3. The molecule has 13 heteroatoms. The van der Waals surface area contributed by atoms with Gasteiger partial charge < -0.3 is 9.84 Å². The lowest BCUT2D eigenvalue weighted by molar-refractivity contribution is -0.376. The predicted octanol–water partition coefficient (Wildman–Crippen LogP) is 4.06. The maximum Gasteiger partial charge on any atom is 0.430 e. The minimum absolute atomic E-state index is 0.0271. The largest absolute Gasteiger partial charge is 0.496 e. The van der Waals surface area contributed by atoms with Crippen molar-refractivity contribution >= 4 is 10.0 Å². The van der Waals surface area contributed by atoms with Gasteiger partial charge in [-0.3, -0.25) is 4.90 Å². The first kappa shape index (κ1) is 27.7. The Labute approximate surface area is 210 Å². The summed E-state index contributed by atoms with van der Waals surface area (Å²) in [4.78, 5) is 2.16. The molecule has 2 aromatic carbocycles. The fourth-order valence-corrected chi connectivity index (χ4v) is 6.16. The highest BCUT2D eigenvalue weighted by Crippen LogP contribution is 2.51. The zero-order valence-electron chi connectivity index (χ0n) is 20.2. The predicted molar refractivity (Wildman–Crippen MR) is 123 cm³/mol. The molecule has 0 amide bonds.